The molecule has 2 N–H and O–H groups in total. The third-order valence-electron chi connectivity index (χ3n) is 3.37. The van der Waals surface area contributed by atoms with Gasteiger partial charge in [-0.1, -0.05) is 129 Å². The van der Waals surface area contributed by atoms with Gasteiger partial charge in [0.2, 0.25) is 0 Å². The molecule has 4 aromatic rings. The highest BCUT2D eigenvalue weighted by atomic mass is 16.4. The van der Waals surface area contributed by atoms with Crippen molar-refractivity contribution in [3.8, 4) is 0 Å². The number of hydrogen-bond donors (Lipinski definition) is 2. The van der Waals surface area contributed by atoms with Gasteiger partial charge in [0.15, 0.2) is 0 Å². The van der Waals surface area contributed by atoms with Crippen LogP contribution in [0.5, 0.6) is 0 Å². The summed E-state index contributed by atoms with van der Waals surface area (Å²) >= 11 is 0. The van der Waals surface area contributed by atoms with Gasteiger partial charge in [-0.3, -0.25) is 0 Å². The van der Waals surface area contributed by atoms with Crippen LogP contribution in [0.3, 0.4) is 0 Å². The minimum atomic E-state index is -0.879. The second-order valence-electron chi connectivity index (χ2n) is 6.36. The van der Waals surface area contributed by atoms with E-state index in [4.69, 9.17) is 10.2 Å². The van der Waals surface area contributed by atoms with Crippen molar-refractivity contribution in [2.45, 2.75) is 20.3 Å². The molecule has 4 rings (SSSR count). The summed E-state index contributed by atoms with van der Waals surface area (Å²) in [6, 6.07) is 40.6. The predicted molar refractivity (Wildman–Crippen MR) is 136 cm³/mol. The molecule has 0 fully saturated rings. The second-order valence-corrected chi connectivity index (χ2v) is 6.36. The molecule has 0 heterocycles. The number of rotatable bonds is 2. The highest BCUT2D eigenvalue weighted by Gasteiger charge is 1.97. The summed E-state index contributed by atoms with van der Waals surface area (Å²) < 4.78 is 0. The Morgan fingerprint density at radius 1 is 0.455 bits per heavy atom. The summed E-state index contributed by atoms with van der Waals surface area (Å²) in [6.07, 6.45) is 1.25. The smallest absolute Gasteiger partial charge is 0.335 e. The van der Waals surface area contributed by atoms with Gasteiger partial charge in [-0.05, 0) is 24.3 Å². The zero-order valence-corrected chi connectivity index (χ0v) is 19.1. The minimum absolute atomic E-state index is 0.331. The first kappa shape index (κ1) is 28.8. The molecular weight excluding hydrogens is 412 g/mol. The molecule has 0 unspecified atom stereocenters. The standard InChI is InChI=1S/2C7H6O2.2C6H6.C3H8/c2*8-7(9)6-4-2-1-3-5-6;2*1-2-4-6-5-3-1;1-3-2/h2*1-5H,(H,8,9);2*1-6H;3H2,1-2H3. The lowest BCUT2D eigenvalue weighted by atomic mass is 10.2. The van der Waals surface area contributed by atoms with Gasteiger partial charge in [-0.15, -0.1) is 0 Å². The predicted octanol–water partition coefficient (Wildman–Crippen LogP) is 7.56. The Bertz CT molecular complexity index is 807. The Morgan fingerprint density at radius 2 is 0.606 bits per heavy atom. The number of carbonyl (C=O) groups is 2. The van der Waals surface area contributed by atoms with Gasteiger partial charge in [-0.2, -0.15) is 0 Å². The zero-order valence-electron chi connectivity index (χ0n) is 19.1. The second kappa shape index (κ2) is 21.1. The van der Waals surface area contributed by atoms with Crippen molar-refractivity contribution in [1.82, 2.24) is 0 Å². The maximum atomic E-state index is 10.2. The van der Waals surface area contributed by atoms with E-state index in [-0.39, 0.29) is 0 Å². The molecule has 4 heteroatoms. The molecule has 0 radical (unpaired) electrons. The van der Waals surface area contributed by atoms with Gasteiger partial charge >= 0.3 is 11.9 Å². The van der Waals surface area contributed by atoms with Crippen LogP contribution in [0.1, 0.15) is 41.0 Å². The summed E-state index contributed by atoms with van der Waals surface area (Å²) in [6.45, 7) is 4.25. The molecule has 0 aliphatic carbocycles. The molecule has 4 aromatic carbocycles. The Hall–Kier alpha value is -4.18. The number of carboxylic acid groups (broad SMARTS) is 2. The summed E-state index contributed by atoms with van der Waals surface area (Å²) in [5, 5.41) is 16.8. The van der Waals surface area contributed by atoms with Gasteiger partial charge in [0, 0.05) is 0 Å². The van der Waals surface area contributed by atoms with Crippen LogP contribution in [0.25, 0.3) is 0 Å². The van der Waals surface area contributed by atoms with Crippen molar-refractivity contribution < 1.29 is 19.8 Å². The normalized spacial score (nSPS) is 8.30. The highest BCUT2D eigenvalue weighted by Crippen LogP contribution is 1.96. The largest absolute Gasteiger partial charge is 0.478 e. The summed E-state index contributed by atoms with van der Waals surface area (Å²) in [7, 11) is 0. The fraction of sp³-hybridized carbons (Fsp3) is 0.103. The molecule has 33 heavy (non-hydrogen) atoms. The third-order valence-corrected chi connectivity index (χ3v) is 3.37. The quantitative estimate of drug-likeness (QED) is 0.334. The van der Waals surface area contributed by atoms with Crippen LogP contribution in [0.4, 0.5) is 0 Å². The van der Waals surface area contributed by atoms with Crippen molar-refractivity contribution in [3.05, 3.63) is 145 Å². The van der Waals surface area contributed by atoms with E-state index in [1.807, 2.05) is 72.8 Å². The van der Waals surface area contributed by atoms with Crippen LogP contribution in [0.2, 0.25) is 0 Å². The van der Waals surface area contributed by atoms with Crippen molar-refractivity contribution in [3.63, 3.8) is 0 Å². The van der Waals surface area contributed by atoms with E-state index in [1.54, 1.807) is 60.7 Å². The maximum Gasteiger partial charge on any atom is 0.335 e. The number of hydrogen-bond acceptors (Lipinski definition) is 2. The fourth-order valence-corrected chi connectivity index (χ4v) is 1.93. The first-order valence-electron chi connectivity index (χ1n) is 10.6. The SMILES string of the molecule is CCC.O=C(O)c1ccccc1.O=C(O)c1ccccc1.c1ccccc1.c1ccccc1. The summed E-state index contributed by atoms with van der Waals surface area (Å²) in [4.78, 5) is 20.4. The Kier molecular flexibility index (Phi) is 18.4. The monoisotopic (exact) mass is 444 g/mol. The Morgan fingerprint density at radius 3 is 0.727 bits per heavy atom. The van der Waals surface area contributed by atoms with E-state index in [0.717, 1.165) is 0 Å². The Labute approximate surface area is 196 Å². The first-order valence-corrected chi connectivity index (χ1v) is 10.6. The van der Waals surface area contributed by atoms with E-state index in [9.17, 15) is 9.59 Å². The zero-order chi connectivity index (χ0) is 24.6. The molecule has 0 bridgehead atoms. The van der Waals surface area contributed by atoms with Crippen LogP contribution in [0.15, 0.2) is 133 Å². The van der Waals surface area contributed by atoms with Crippen LogP contribution in [-0.4, -0.2) is 22.2 Å². The van der Waals surface area contributed by atoms with Gasteiger partial charge in [0.05, 0.1) is 11.1 Å². The average molecular weight is 445 g/mol. The summed E-state index contributed by atoms with van der Waals surface area (Å²) in [5.41, 5.74) is 0.662. The molecule has 0 aliphatic heterocycles. The van der Waals surface area contributed by atoms with E-state index < -0.39 is 11.9 Å². The molecule has 0 saturated carbocycles. The molecule has 0 aliphatic rings. The molecule has 0 aromatic heterocycles. The lowest BCUT2D eigenvalue weighted by molar-refractivity contribution is 0.0686. The Balaban J connectivity index is 0.000000404. The lowest BCUT2D eigenvalue weighted by Gasteiger charge is -1.88. The molecule has 172 valence electrons. The van der Waals surface area contributed by atoms with Crippen LogP contribution < -0.4 is 0 Å². The molecule has 0 saturated heterocycles. The molecule has 0 atom stereocenters. The number of aromatic carboxylic acids is 2. The maximum absolute atomic E-state index is 10.2. The molecule has 4 nitrogen and oxygen atoms in total. The molecule has 0 spiro atoms. The van der Waals surface area contributed by atoms with E-state index in [1.165, 1.54) is 6.42 Å². The summed E-state index contributed by atoms with van der Waals surface area (Å²) in [5.74, 6) is -1.76. The van der Waals surface area contributed by atoms with Crippen molar-refractivity contribution >= 4 is 11.9 Å². The van der Waals surface area contributed by atoms with Gasteiger partial charge in [-0.25, -0.2) is 9.59 Å². The van der Waals surface area contributed by atoms with Gasteiger partial charge in [0.1, 0.15) is 0 Å². The molecule has 0 amide bonds. The first-order chi connectivity index (χ1) is 16.0. The average Bonchev–Trinajstić information content (AvgIpc) is 2.89. The van der Waals surface area contributed by atoms with Crippen LogP contribution in [-0.2, 0) is 0 Å². The van der Waals surface area contributed by atoms with Crippen molar-refractivity contribution in [2.24, 2.45) is 0 Å². The van der Waals surface area contributed by atoms with Crippen molar-refractivity contribution in [1.29, 1.82) is 0 Å². The number of benzene rings is 4. The molecular formula is C29H32O4. The fourth-order valence-electron chi connectivity index (χ4n) is 1.93. The number of carboxylic acids is 2. The topological polar surface area (TPSA) is 74.6 Å². The van der Waals surface area contributed by atoms with E-state index in [2.05, 4.69) is 13.8 Å². The lowest BCUT2D eigenvalue weighted by Crippen LogP contribution is -1.93. The van der Waals surface area contributed by atoms with Crippen molar-refractivity contribution in [2.75, 3.05) is 0 Å². The van der Waals surface area contributed by atoms with Crippen LogP contribution >= 0.6 is 0 Å². The third kappa shape index (κ3) is 18.3. The van der Waals surface area contributed by atoms with Crippen LogP contribution in [0, 0.1) is 0 Å². The van der Waals surface area contributed by atoms with E-state index in [0.29, 0.717) is 11.1 Å². The van der Waals surface area contributed by atoms with Gasteiger partial charge in [0.25, 0.3) is 0 Å². The van der Waals surface area contributed by atoms with Gasteiger partial charge < -0.3 is 10.2 Å². The highest BCUT2D eigenvalue weighted by molar-refractivity contribution is 5.87. The van der Waals surface area contributed by atoms with E-state index >= 15 is 0 Å². The minimum Gasteiger partial charge on any atom is -0.478 e.